The van der Waals surface area contributed by atoms with Crippen molar-refractivity contribution in [3.05, 3.63) is 90.0 Å². The average Bonchev–Trinajstić information content (AvgIpc) is 3.36. The fourth-order valence-corrected chi connectivity index (χ4v) is 6.10. The number of fused-ring (bicyclic) bond motifs is 3. The predicted octanol–water partition coefficient (Wildman–Crippen LogP) is 6.11. The minimum atomic E-state index is -3.73. The molecule has 0 unspecified atom stereocenters. The summed E-state index contributed by atoms with van der Waals surface area (Å²) in [5.74, 6) is 2.04. The van der Waals surface area contributed by atoms with Crippen LogP contribution in [-0.2, 0) is 10.0 Å². The number of hydrogen-bond acceptors (Lipinski definition) is 5. The molecule has 6 nitrogen and oxygen atoms in total. The summed E-state index contributed by atoms with van der Waals surface area (Å²) in [4.78, 5) is 0.255. The molecule has 0 aromatic heterocycles. The normalized spacial score (nSPS) is 20.5. The van der Waals surface area contributed by atoms with E-state index in [4.69, 9.17) is 9.47 Å². The van der Waals surface area contributed by atoms with Crippen LogP contribution in [0.25, 0.3) is 0 Å². The Hall–Kier alpha value is -3.45. The minimum Gasteiger partial charge on any atom is -0.494 e. The zero-order valence-electron chi connectivity index (χ0n) is 19.9. The second-order valence-corrected chi connectivity index (χ2v) is 10.5. The van der Waals surface area contributed by atoms with E-state index in [1.165, 1.54) is 5.56 Å². The number of rotatable bonds is 8. The summed E-state index contributed by atoms with van der Waals surface area (Å²) < 4.78 is 40.1. The van der Waals surface area contributed by atoms with Gasteiger partial charge < -0.3 is 14.8 Å². The van der Waals surface area contributed by atoms with Crippen LogP contribution in [0.4, 0.5) is 11.4 Å². The summed E-state index contributed by atoms with van der Waals surface area (Å²) in [6.45, 7) is 5.09. The van der Waals surface area contributed by atoms with E-state index in [1.807, 2.05) is 32.0 Å². The van der Waals surface area contributed by atoms with Crippen LogP contribution in [0, 0.1) is 5.92 Å². The van der Waals surface area contributed by atoms with Crippen molar-refractivity contribution in [3.8, 4) is 11.5 Å². The Balaban J connectivity index is 1.40. The van der Waals surface area contributed by atoms with E-state index in [0.29, 0.717) is 30.6 Å². The molecule has 5 rings (SSSR count). The second kappa shape index (κ2) is 9.66. The topological polar surface area (TPSA) is 76.7 Å². The monoisotopic (exact) mass is 490 g/mol. The average molecular weight is 491 g/mol. The summed E-state index contributed by atoms with van der Waals surface area (Å²) in [5.41, 5.74) is 3.68. The van der Waals surface area contributed by atoms with Crippen molar-refractivity contribution in [2.24, 2.45) is 5.92 Å². The number of sulfonamides is 1. The molecule has 0 saturated carbocycles. The molecule has 3 atom stereocenters. The summed E-state index contributed by atoms with van der Waals surface area (Å²) >= 11 is 0. The fraction of sp³-hybridized carbons (Fsp3) is 0.286. The van der Waals surface area contributed by atoms with Crippen LogP contribution in [0.3, 0.4) is 0 Å². The Labute approximate surface area is 207 Å². The van der Waals surface area contributed by atoms with Gasteiger partial charge in [-0.1, -0.05) is 24.3 Å². The molecule has 0 fully saturated rings. The lowest BCUT2D eigenvalue weighted by molar-refractivity contribution is 0.339. The Morgan fingerprint density at radius 1 is 0.914 bits per heavy atom. The van der Waals surface area contributed by atoms with Crippen LogP contribution in [0.5, 0.6) is 11.5 Å². The predicted molar refractivity (Wildman–Crippen MR) is 139 cm³/mol. The van der Waals surface area contributed by atoms with Gasteiger partial charge in [0, 0.05) is 17.3 Å². The van der Waals surface area contributed by atoms with Gasteiger partial charge in [-0.25, -0.2) is 8.42 Å². The van der Waals surface area contributed by atoms with Gasteiger partial charge in [0.2, 0.25) is 0 Å². The van der Waals surface area contributed by atoms with Gasteiger partial charge in [-0.2, -0.15) is 0 Å². The molecule has 7 heteroatoms. The van der Waals surface area contributed by atoms with Gasteiger partial charge in [-0.15, -0.1) is 0 Å². The lowest BCUT2D eigenvalue weighted by Gasteiger charge is -2.37. The Kier molecular flexibility index (Phi) is 6.43. The third-order valence-electron chi connectivity index (χ3n) is 6.61. The zero-order valence-corrected chi connectivity index (χ0v) is 20.7. The molecule has 3 aromatic carbocycles. The van der Waals surface area contributed by atoms with E-state index >= 15 is 0 Å². The molecule has 2 aliphatic rings. The summed E-state index contributed by atoms with van der Waals surface area (Å²) in [5, 5.41) is 3.67. The molecule has 2 N–H and O–H groups in total. The molecule has 1 aliphatic heterocycles. The molecule has 182 valence electrons. The Bertz CT molecular complexity index is 1320. The first kappa shape index (κ1) is 23.3. The lowest BCUT2D eigenvalue weighted by atomic mass is 9.77. The smallest absolute Gasteiger partial charge is 0.261 e. The fourth-order valence-electron chi connectivity index (χ4n) is 5.01. The highest BCUT2D eigenvalue weighted by atomic mass is 32.2. The highest BCUT2D eigenvalue weighted by Crippen LogP contribution is 2.50. The maximum absolute atomic E-state index is 13.2. The number of allylic oxidation sites excluding steroid dienone is 2. The molecular formula is C28H30N2O4S. The molecule has 0 radical (unpaired) electrons. The van der Waals surface area contributed by atoms with E-state index in [0.717, 1.165) is 23.4 Å². The molecular weight excluding hydrogens is 460 g/mol. The molecule has 0 amide bonds. The van der Waals surface area contributed by atoms with Gasteiger partial charge in [0.05, 0.1) is 24.2 Å². The van der Waals surface area contributed by atoms with E-state index in [2.05, 4.69) is 34.3 Å². The Morgan fingerprint density at radius 2 is 1.57 bits per heavy atom. The highest BCUT2D eigenvalue weighted by molar-refractivity contribution is 7.92. The molecule has 3 aromatic rings. The molecule has 0 spiro atoms. The van der Waals surface area contributed by atoms with E-state index in [-0.39, 0.29) is 16.9 Å². The SMILES string of the molecule is CCOc1ccc(NS(=O)(=O)c2ccc3c(c2)[C@H]2C=CC[C@H]2[C@@H](c2ccc(OCC)cc2)N3)cc1. The first-order chi connectivity index (χ1) is 17.0. The number of hydrogen-bond donors (Lipinski definition) is 2. The number of benzene rings is 3. The van der Waals surface area contributed by atoms with Gasteiger partial charge in [-0.05, 0) is 91.9 Å². The molecule has 1 aliphatic carbocycles. The van der Waals surface area contributed by atoms with Crippen LogP contribution in [0.2, 0.25) is 0 Å². The number of nitrogens with one attached hydrogen (secondary N) is 2. The van der Waals surface area contributed by atoms with Gasteiger partial charge >= 0.3 is 0 Å². The molecule has 35 heavy (non-hydrogen) atoms. The summed E-state index contributed by atoms with van der Waals surface area (Å²) in [6.07, 6.45) is 5.35. The third-order valence-corrected chi connectivity index (χ3v) is 7.99. The van der Waals surface area contributed by atoms with Crippen molar-refractivity contribution in [2.75, 3.05) is 23.3 Å². The second-order valence-electron chi connectivity index (χ2n) is 8.79. The zero-order chi connectivity index (χ0) is 24.4. The first-order valence-corrected chi connectivity index (χ1v) is 13.5. The molecule has 1 heterocycles. The summed E-state index contributed by atoms with van der Waals surface area (Å²) in [7, 11) is -3.73. The Morgan fingerprint density at radius 3 is 2.23 bits per heavy atom. The lowest BCUT2D eigenvalue weighted by Crippen LogP contribution is -2.29. The third kappa shape index (κ3) is 4.73. The van der Waals surface area contributed by atoms with Crippen molar-refractivity contribution in [3.63, 3.8) is 0 Å². The largest absolute Gasteiger partial charge is 0.494 e. The molecule has 0 saturated heterocycles. The van der Waals surface area contributed by atoms with Crippen LogP contribution in [0.1, 0.15) is 43.4 Å². The molecule has 0 bridgehead atoms. The van der Waals surface area contributed by atoms with Crippen LogP contribution in [0.15, 0.2) is 83.8 Å². The van der Waals surface area contributed by atoms with Gasteiger partial charge in [0.1, 0.15) is 11.5 Å². The van der Waals surface area contributed by atoms with Crippen LogP contribution in [-0.4, -0.2) is 21.6 Å². The van der Waals surface area contributed by atoms with Gasteiger partial charge in [0.15, 0.2) is 0 Å². The van der Waals surface area contributed by atoms with Crippen LogP contribution >= 0.6 is 0 Å². The maximum atomic E-state index is 13.2. The van der Waals surface area contributed by atoms with Crippen molar-refractivity contribution >= 4 is 21.4 Å². The number of ether oxygens (including phenoxy) is 2. The van der Waals surface area contributed by atoms with E-state index in [9.17, 15) is 8.42 Å². The van der Waals surface area contributed by atoms with Crippen molar-refractivity contribution in [1.82, 2.24) is 0 Å². The van der Waals surface area contributed by atoms with Crippen molar-refractivity contribution in [2.45, 2.75) is 37.1 Å². The maximum Gasteiger partial charge on any atom is 0.261 e. The quantitative estimate of drug-likeness (QED) is 0.373. The minimum absolute atomic E-state index is 0.141. The highest BCUT2D eigenvalue weighted by Gasteiger charge is 2.38. The van der Waals surface area contributed by atoms with Gasteiger partial charge in [0.25, 0.3) is 10.0 Å². The van der Waals surface area contributed by atoms with Gasteiger partial charge in [-0.3, -0.25) is 4.72 Å². The first-order valence-electron chi connectivity index (χ1n) is 12.0. The van der Waals surface area contributed by atoms with E-state index in [1.54, 1.807) is 36.4 Å². The van der Waals surface area contributed by atoms with Crippen molar-refractivity contribution in [1.29, 1.82) is 0 Å². The van der Waals surface area contributed by atoms with Crippen LogP contribution < -0.4 is 19.5 Å². The van der Waals surface area contributed by atoms with E-state index < -0.39 is 10.0 Å². The summed E-state index contributed by atoms with van der Waals surface area (Å²) in [6, 6.07) is 20.7. The standard InChI is InChI=1S/C28H30N2O4S/c1-3-33-21-12-8-19(9-13-21)28-25-7-5-6-24(25)26-18-23(16-17-27(26)29-28)35(31,32)30-20-10-14-22(15-11-20)34-4-2/h5-6,8-18,24-25,28-30H,3-4,7H2,1-2H3/t24-,25+,28+/m0/s1. The van der Waals surface area contributed by atoms with Crippen molar-refractivity contribution < 1.29 is 17.9 Å². The number of anilines is 2.